The number of carbonyl (C=O) groups excluding carboxylic acids is 3. The van der Waals surface area contributed by atoms with E-state index < -0.39 is 17.4 Å². The summed E-state index contributed by atoms with van der Waals surface area (Å²) in [6, 6.07) is 28.7. The molecule has 6 rings (SSSR count). The van der Waals surface area contributed by atoms with E-state index in [9.17, 15) is 19.2 Å². The minimum Gasteiger partial charge on any atom is -0.457 e. The minimum absolute atomic E-state index is 0.0688. The number of H-pyrrole nitrogens is 1. The highest BCUT2D eigenvalue weighted by Gasteiger charge is 2.18. The SMILES string of the molecule is O=C(Cn1c(-c2ccccc2)ncc(NC(=O)CCC(=O)c2ccc(Oc3ccccc3)cc2)c1=O)NCc1cc2cnccc2[nH]1. The number of pyridine rings is 1. The monoisotopic (exact) mass is 626 g/mol. The molecule has 11 nitrogen and oxygen atoms in total. The second-order valence-electron chi connectivity index (χ2n) is 10.7. The van der Waals surface area contributed by atoms with Crippen molar-refractivity contribution in [2.24, 2.45) is 0 Å². The normalized spacial score (nSPS) is 10.8. The maximum absolute atomic E-state index is 13.6. The van der Waals surface area contributed by atoms with Crippen LogP contribution in [0.1, 0.15) is 28.9 Å². The summed E-state index contributed by atoms with van der Waals surface area (Å²) in [6.07, 6.45) is 4.45. The quantitative estimate of drug-likeness (QED) is 0.152. The van der Waals surface area contributed by atoms with Gasteiger partial charge in [0.1, 0.15) is 29.6 Å². The van der Waals surface area contributed by atoms with Crippen LogP contribution in [0.25, 0.3) is 22.3 Å². The highest BCUT2D eigenvalue weighted by molar-refractivity contribution is 6.00. The topological polar surface area (TPSA) is 148 Å². The summed E-state index contributed by atoms with van der Waals surface area (Å²) in [5.74, 6) is 0.351. The van der Waals surface area contributed by atoms with Gasteiger partial charge >= 0.3 is 0 Å². The van der Waals surface area contributed by atoms with Crippen LogP contribution in [0.5, 0.6) is 11.5 Å². The molecule has 0 saturated carbocycles. The Balaban J connectivity index is 1.10. The lowest BCUT2D eigenvalue weighted by Gasteiger charge is -2.14. The number of rotatable bonds is 12. The van der Waals surface area contributed by atoms with Crippen LogP contribution in [-0.2, 0) is 22.7 Å². The predicted molar refractivity (Wildman–Crippen MR) is 177 cm³/mol. The lowest BCUT2D eigenvalue weighted by molar-refractivity contribution is -0.121. The van der Waals surface area contributed by atoms with Crippen molar-refractivity contribution < 1.29 is 19.1 Å². The Bertz CT molecular complexity index is 2060. The van der Waals surface area contributed by atoms with E-state index in [1.54, 1.807) is 60.9 Å². The Morgan fingerprint density at radius 3 is 2.28 bits per heavy atom. The van der Waals surface area contributed by atoms with Gasteiger partial charge in [0.2, 0.25) is 11.8 Å². The number of aromatic nitrogens is 4. The molecule has 0 spiro atoms. The molecule has 3 aromatic carbocycles. The summed E-state index contributed by atoms with van der Waals surface area (Å²) in [5, 5.41) is 6.31. The van der Waals surface area contributed by atoms with Crippen molar-refractivity contribution in [3.05, 3.63) is 137 Å². The summed E-state index contributed by atoms with van der Waals surface area (Å²) in [7, 11) is 0. The van der Waals surface area contributed by atoms with E-state index in [0.717, 1.165) is 16.6 Å². The largest absolute Gasteiger partial charge is 0.457 e. The van der Waals surface area contributed by atoms with Gasteiger partial charge in [0, 0.05) is 53.0 Å². The fraction of sp³-hybridized carbons (Fsp3) is 0.111. The molecule has 0 aliphatic heterocycles. The highest BCUT2D eigenvalue weighted by atomic mass is 16.5. The second-order valence-corrected chi connectivity index (χ2v) is 10.7. The molecule has 0 fully saturated rings. The Morgan fingerprint density at radius 1 is 0.809 bits per heavy atom. The van der Waals surface area contributed by atoms with Crippen molar-refractivity contribution in [1.82, 2.24) is 24.8 Å². The maximum atomic E-state index is 13.6. The van der Waals surface area contributed by atoms with E-state index >= 15 is 0 Å². The molecule has 0 radical (unpaired) electrons. The summed E-state index contributed by atoms with van der Waals surface area (Å²) in [4.78, 5) is 64.0. The van der Waals surface area contributed by atoms with E-state index in [0.29, 0.717) is 22.6 Å². The van der Waals surface area contributed by atoms with Crippen molar-refractivity contribution in [2.75, 3.05) is 5.32 Å². The molecule has 0 bridgehead atoms. The number of anilines is 1. The van der Waals surface area contributed by atoms with E-state index in [2.05, 4.69) is 25.6 Å². The predicted octanol–water partition coefficient (Wildman–Crippen LogP) is 5.50. The standard InChI is InChI=1S/C36H30N6O5/c43-32(24-11-13-29(14-12-24)47-28-9-5-2-6-10-28)15-16-33(44)41-31-22-39-35(25-7-3-1-4-8-25)42(36(31)46)23-34(45)38-21-27-19-26-20-37-18-17-30(26)40-27/h1-14,17-20,22,40H,15-16,21,23H2,(H,38,45)(H,41,44). The lowest BCUT2D eigenvalue weighted by atomic mass is 10.1. The third-order valence-corrected chi connectivity index (χ3v) is 7.34. The van der Waals surface area contributed by atoms with Crippen LogP contribution >= 0.6 is 0 Å². The van der Waals surface area contributed by atoms with Gasteiger partial charge in [-0.3, -0.25) is 28.7 Å². The number of benzene rings is 3. The van der Waals surface area contributed by atoms with E-state index in [-0.39, 0.29) is 43.2 Å². The number of ether oxygens (including phenoxy) is 1. The van der Waals surface area contributed by atoms with Crippen molar-refractivity contribution in [2.45, 2.75) is 25.9 Å². The summed E-state index contributed by atoms with van der Waals surface area (Å²) >= 11 is 0. The number of amides is 2. The van der Waals surface area contributed by atoms with Crippen molar-refractivity contribution in [3.63, 3.8) is 0 Å². The lowest BCUT2D eigenvalue weighted by Crippen LogP contribution is -2.35. The van der Waals surface area contributed by atoms with Gasteiger partial charge in [-0.2, -0.15) is 0 Å². The molecule has 234 valence electrons. The summed E-state index contributed by atoms with van der Waals surface area (Å²) in [6.45, 7) is -0.117. The van der Waals surface area contributed by atoms with Gasteiger partial charge in [-0.05, 0) is 48.5 Å². The summed E-state index contributed by atoms with van der Waals surface area (Å²) in [5.41, 5.74) is 2.04. The van der Waals surface area contributed by atoms with Gasteiger partial charge in [-0.25, -0.2) is 4.98 Å². The first-order valence-corrected chi connectivity index (χ1v) is 14.9. The summed E-state index contributed by atoms with van der Waals surface area (Å²) < 4.78 is 6.98. The van der Waals surface area contributed by atoms with Crippen LogP contribution in [0.15, 0.2) is 120 Å². The first-order chi connectivity index (χ1) is 22.9. The van der Waals surface area contributed by atoms with Gasteiger partial charge in [0.25, 0.3) is 5.56 Å². The number of para-hydroxylation sites is 1. The minimum atomic E-state index is -0.598. The van der Waals surface area contributed by atoms with Crippen LogP contribution in [0, 0.1) is 0 Å². The number of fused-ring (bicyclic) bond motifs is 1. The number of carbonyl (C=O) groups is 3. The van der Waals surface area contributed by atoms with Gasteiger partial charge in [-0.15, -0.1) is 0 Å². The molecule has 3 heterocycles. The van der Waals surface area contributed by atoms with Crippen LogP contribution in [0.3, 0.4) is 0 Å². The molecule has 47 heavy (non-hydrogen) atoms. The number of nitrogens with one attached hydrogen (secondary N) is 3. The number of ketones is 1. The fourth-order valence-electron chi connectivity index (χ4n) is 4.98. The third-order valence-electron chi connectivity index (χ3n) is 7.34. The fourth-order valence-corrected chi connectivity index (χ4v) is 4.98. The molecule has 2 amide bonds. The van der Waals surface area contributed by atoms with Crippen LogP contribution in [0.4, 0.5) is 5.69 Å². The van der Waals surface area contributed by atoms with Crippen molar-refractivity contribution in [1.29, 1.82) is 0 Å². The third kappa shape index (κ3) is 7.66. The number of aromatic amines is 1. The van der Waals surface area contributed by atoms with Gasteiger partial charge in [0.05, 0.1) is 12.7 Å². The Hall–Kier alpha value is -6.36. The first-order valence-electron chi connectivity index (χ1n) is 14.9. The number of nitrogens with zero attached hydrogens (tertiary/aromatic N) is 3. The van der Waals surface area contributed by atoms with Crippen molar-refractivity contribution >= 4 is 34.2 Å². The average Bonchev–Trinajstić information content (AvgIpc) is 3.52. The molecule has 3 aromatic heterocycles. The Kier molecular flexibility index (Phi) is 9.24. The zero-order chi connectivity index (χ0) is 32.6. The van der Waals surface area contributed by atoms with E-state index in [4.69, 9.17) is 4.74 Å². The van der Waals surface area contributed by atoms with Crippen LogP contribution in [-0.4, -0.2) is 37.1 Å². The molecule has 3 N–H and O–H groups in total. The zero-order valence-electron chi connectivity index (χ0n) is 25.2. The Morgan fingerprint density at radius 2 is 1.53 bits per heavy atom. The van der Waals surface area contributed by atoms with E-state index in [1.165, 1.54) is 10.8 Å². The second kappa shape index (κ2) is 14.2. The Labute approximate surface area is 269 Å². The average molecular weight is 627 g/mol. The molecular formula is C36H30N6O5. The highest BCUT2D eigenvalue weighted by Crippen LogP contribution is 2.22. The number of Topliss-reactive ketones (excluding diaryl/α,β-unsaturated/α-hetero) is 1. The number of hydrogen-bond donors (Lipinski definition) is 3. The van der Waals surface area contributed by atoms with Crippen molar-refractivity contribution in [3.8, 4) is 22.9 Å². The molecule has 0 aliphatic carbocycles. The van der Waals surface area contributed by atoms with E-state index in [1.807, 2.05) is 48.5 Å². The van der Waals surface area contributed by atoms with Crippen LogP contribution < -0.4 is 20.9 Å². The maximum Gasteiger partial charge on any atom is 0.278 e. The molecule has 6 aromatic rings. The number of hydrogen-bond acceptors (Lipinski definition) is 7. The first kappa shape index (κ1) is 30.7. The van der Waals surface area contributed by atoms with Gasteiger partial charge < -0.3 is 20.4 Å². The molecular weight excluding hydrogens is 596 g/mol. The molecule has 0 saturated heterocycles. The molecule has 0 aliphatic rings. The zero-order valence-corrected chi connectivity index (χ0v) is 25.2. The van der Waals surface area contributed by atoms with Gasteiger partial charge in [-0.1, -0.05) is 48.5 Å². The molecule has 0 atom stereocenters. The molecule has 11 heteroatoms. The van der Waals surface area contributed by atoms with Crippen LogP contribution in [0.2, 0.25) is 0 Å². The smallest absolute Gasteiger partial charge is 0.278 e. The van der Waals surface area contributed by atoms with Gasteiger partial charge in [0.15, 0.2) is 5.78 Å². The molecule has 0 unspecified atom stereocenters.